The summed E-state index contributed by atoms with van der Waals surface area (Å²) >= 11 is 0. The number of amides is 1. The highest BCUT2D eigenvalue weighted by atomic mass is 19.1. The number of carbonyl (C=O) groups excluding carboxylic acids is 1. The molecule has 9 nitrogen and oxygen atoms in total. The van der Waals surface area contributed by atoms with Crippen LogP contribution in [0.15, 0.2) is 78.5 Å². The number of allylic oxidation sites excluding steroid dienone is 1. The molecule has 198 valence electrons. The van der Waals surface area contributed by atoms with E-state index in [1.54, 1.807) is 41.6 Å². The lowest BCUT2D eigenvalue weighted by atomic mass is 10.0. The van der Waals surface area contributed by atoms with Crippen molar-refractivity contribution in [3.63, 3.8) is 0 Å². The first-order chi connectivity index (χ1) is 18.9. The molecule has 0 fully saturated rings. The highest BCUT2D eigenvalue weighted by molar-refractivity contribution is 5.92. The predicted molar refractivity (Wildman–Crippen MR) is 145 cm³/mol. The number of rotatable bonds is 6. The van der Waals surface area contributed by atoms with E-state index in [2.05, 4.69) is 50.3 Å². The fraction of sp³-hybridized carbons (Fsp3) is 0.241. The molecule has 0 radical (unpaired) electrons. The number of ether oxygens (including phenoxy) is 1. The number of carbonyl (C=O) groups is 1. The van der Waals surface area contributed by atoms with Gasteiger partial charge in [-0.25, -0.2) is 13.9 Å². The van der Waals surface area contributed by atoms with Crippen LogP contribution in [-0.4, -0.2) is 49.7 Å². The number of hydrogen-bond donors (Lipinski definition) is 1. The summed E-state index contributed by atoms with van der Waals surface area (Å²) in [4.78, 5) is 24.9. The van der Waals surface area contributed by atoms with Gasteiger partial charge in [0.2, 0.25) is 5.76 Å². The summed E-state index contributed by atoms with van der Waals surface area (Å²) in [5, 5.41) is 4.55. The summed E-state index contributed by atoms with van der Waals surface area (Å²) in [6.45, 7) is 6.25. The Hall–Kier alpha value is -4.57. The first-order valence-electron chi connectivity index (χ1n) is 12.8. The molecule has 1 unspecified atom stereocenters. The average Bonchev–Trinajstić information content (AvgIpc) is 3.50. The molecule has 2 aliphatic rings. The van der Waals surface area contributed by atoms with E-state index < -0.39 is 18.0 Å². The molecule has 10 heteroatoms. The number of hydrogen-bond acceptors (Lipinski definition) is 7. The van der Waals surface area contributed by atoms with Crippen LogP contribution in [0.3, 0.4) is 0 Å². The van der Waals surface area contributed by atoms with Crippen LogP contribution in [0, 0.1) is 5.82 Å². The molecule has 2 aromatic carbocycles. The Kier molecular flexibility index (Phi) is 6.32. The smallest absolute Gasteiger partial charge is 0.285 e. The second kappa shape index (κ2) is 9.95. The van der Waals surface area contributed by atoms with E-state index in [0.29, 0.717) is 17.2 Å². The van der Waals surface area contributed by atoms with Crippen molar-refractivity contribution in [2.45, 2.75) is 33.0 Å². The van der Waals surface area contributed by atoms with Crippen LogP contribution >= 0.6 is 0 Å². The second-order valence-corrected chi connectivity index (χ2v) is 9.75. The minimum Gasteiger partial charge on any atom is -0.463 e. The monoisotopic (exact) mass is 525 g/mol. The second-order valence-electron chi connectivity index (χ2n) is 9.75. The van der Waals surface area contributed by atoms with E-state index in [1.807, 2.05) is 12.3 Å². The van der Waals surface area contributed by atoms with Crippen molar-refractivity contribution >= 4 is 22.9 Å². The van der Waals surface area contributed by atoms with Crippen LogP contribution in [0.1, 0.15) is 31.4 Å². The number of nitrogens with zero attached hydrogens (tertiary/aromatic N) is 6. The molecule has 2 aromatic heterocycles. The average molecular weight is 526 g/mol. The lowest BCUT2D eigenvalue weighted by Crippen LogP contribution is -2.28. The molecule has 39 heavy (non-hydrogen) atoms. The van der Waals surface area contributed by atoms with E-state index in [1.165, 1.54) is 17.2 Å². The molecule has 0 saturated carbocycles. The molecule has 6 rings (SSSR count). The van der Waals surface area contributed by atoms with Gasteiger partial charge in [-0.1, -0.05) is 36.4 Å². The van der Waals surface area contributed by atoms with Gasteiger partial charge in [-0.05, 0) is 49.6 Å². The fourth-order valence-corrected chi connectivity index (χ4v) is 5.19. The summed E-state index contributed by atoms with van der Waals surface area (Å²) in [6, 6.07) is 15.1. The van der Waals surface area contributed by atoms with Crippen LogP contribution in [0.4, 0.5) is 10.1 Å². The first-order valence-corrected chi connectivity index (χ1v) is 12.8. The summed E-state index contributed by atoms with van der Waals surface area (Å²) < 4.78 is 22.2. The van der Waals surface area contributed by atoms with Crippen LogP contribution in [0.2, 0.25) is 0 Å². The molecule has 4 heterocycles. The lowest BCUT2D eigenvalue weighted by Gasteiger charge is -2.26. The normalized spacial score (nSPS) is 18.0. The number of benzene rings is 2. The Morgan fingerprint density at radius 2 is 2.03 bits per heavy atom. The number of halogens is 1. The van der Waals surface area contributed by atoms with E-state index in [0.717, 1.165) is 31.6 Å². The van der Waals surface area contributed by atoms with Gasteiger partial charge in [0.05, 0.1) is 11.3 Å². The van der Waals surface area contributed by atoms with Gasteiger partial charge in [0, 0.05) is 43.3 Å². The Morgan fingerprint density at radius 3 is 2.74 bits per heavy atom. The molecule has 0 bridgehead atoms. The molecule has 2 aliphatic heterocycles. The predicted octanol–water partition coefficient (Wildman–Crippen LogP) is 4.12. The topological polar surface area (TPSA) is 102 Å². The molecule has 1 atom stereocenters. The Labute approximate surface area is 225 Å². The maximum Gasteiger partial charge on any atom is 0.285 e. The van der Waals surface area contributed by atoms with Gasteiger partial charge in [0.1, 0.15) is 5.82 Å². The third-order valence-electron chi connectivity index (χ3n) is 7.14. The van der Waals surface area contributed by atoms with Crippen molar-refractivity contribution in [3.05, 3.63) is 95.4 Å². The largest absolute Gasteiger partial charge is 0.463 e. The van der Waals surface area contributed by atoms with Crippen molar-refractivity contribution in [1.82, 2.24) is 24.5 Å². The van der Waals surface area contributed by atoms with Gasteiger partial charge >= 0.3 is 0 Å². The quantitative estimate of drug-likeness (QED) is 0.404. The molecule has 0 aliphatic carbocycles. The maximum absolute atomic E-state index is 15.0. The van der Waals surface area contributed by atoms with Gasteiger partial charge in [0.15, 0.2) is 12.1 Å². The Morgan fingerprint density at radius 1 is 1.21 bits per heavy atom. The summed E-state index contributed by atoms with van der Waals surface area (Å²) in [6.07, 6.45) is 6.33. The Bertz CT molecular complexity index is 1630. The van der Waals surface area contributed by atoms with E-state index in [9.17, 15) is 9.18 Å². The van der Waals surface area contributed by atoms with Crippen molar-refractivity contribution in [1.29, 1.82) is 0 Å². The summed E-state index contributed by atoms with van der Waals surface area (Å²) in [5.41, 5.74) is 10.3. The zero-order valence-electron chi connectivity index (χ0n) is 21.7. The minimum atomic E-state index is -0.648. The van der Waals surface area contributed by atoms with Gasteiger partial charge in [-0.3, -0.25) is 9.69 Å². The fourth-order valence-electron chi connectivity index (χ4n) is 5.19. The molecule has 2 N–H and O–H groups in total. The molecule has 0 spiro atoms. The number of aromatic nitrogens is 4. The van der Waals surface area contributed by atoms with Gasteiger partial charge in [-0.2, -0.15) is 4.98 Å². The van der Waals surface area contributed by atoms with Crippen molar-refractivity contribution in [2.75, 3.05) is 18.0 Å². The van der Waals surface area contributed by atoms with Gasteiger partial charge in [0.25, 0.3) is 11.7 Å². The third-order valence-corrected chi connectivity index (χ3v) is 7.14. The molecular weight excluding hydrogens is 497 g/mol. The summed E-state index contributed by atoms with van der Waals surface area (Å²) in [5.74, 6) is -0.421. The zero-order valence-corrected chi connectivity index (χ0v) is 21.7. The maximum atomic E-state index is 15.0. The minimum absolute atomic E-state index is 0.0937. The SMILES string of the molecule is CC1=C(C(N)=O)OC(C)N1c1ccc(F)c(-c2nc3ncc(C4=CCN(Cc5ccccc5)CC4)cn3n2)c1. The third kappa shape index (κ3) is 4.74. The van der Waals surface area contributed by atoms with Crippen molar-refractivity contribution < 1.29 is 13.9 Å². The lowest BCUT2D eigenvalue weighted by molar-refractivity contribution is -0.118. The standard InChI is InChI=1S/C29H28FN7O2/c1-18-26(27(31)38)39-19(2)37(18)23-8-9-25(30)24(14-23)28-33-29-32-15-22(17-36(29)34-28)21-10-12-35(13-11-21)16-20-6-4-3-5-7-20/h3-10,14-15,17,19H,11-13,16H2,1-2H3,(H2,31,38). The van der Waals surface area contributed by atoms with E-state index >= 15 is 0 Å². The molecule has 4 aromatic rings. The first kappa shape index (κ1) is 24.7. The number of primary amides is 1. The highest BCUT2D eigenvalue weighted by Gasteiger charge is 2.32. The van der Waals surface area contributed by atoms with Crippen LogP contribution in [0.5, 0.6) is 0 Å². The van der Waals surface area contributed by atoms with Crippen LogP contribution < -0.4 is 10.6 Å². The molecule has 1 amide bonds. The highest BCUT2D eigenvalue weighted by Crippen LogP contribution is 2.34. The molecule has 0 saturated heterocycles. The number of anilines is 1. The van der Waals surface area contributed by atoms with Crippen molar-refractivity contribution in [3.8, 4) is 11.4 Å². The van der Waals surface area contributed by atoms with E-state index in [4.69, 9.17) is 10.5 Å². The van der Waals surface area contributed by atoms with Crippen molar-refractivity contribution in [2.24, 2.45) is 5.73 Å². The number of nitrogens with two attached hydrogens (primary N) is 1. The number of fused-ring (bicyclic) bond motifs is 1. The van der Waals surface area contributed by atoms with Gasteiger partial charge in [-0.15, -0.1) is 5.10 Å². The van der Waals surface area contributed by atoms with E-state index in [-0.39, 0.29) is 17.1 Å². The molecular formula is C29H28FN7O2. The summed E-state index contributed by atoms with van der Waals surface area (Å²) in [7, 11) is 0. The van der Waals surface area contributed by atoms with Crippen LogP contribution in [0.25, 0.3) is 22.7 Å². The Balaban J connectivity index is 1.25. The zero-order chi connectivity index (χ0) is 27.1. The van der Waals surface area contributed by atoms with Gasteiger partial charge < -0.3 is 15.4 Å². The van der Waals surface area contributed by atoms with Crippen LogP contribution in [-0.2, 0) is 16.1 Å².